The third-order valence-electron chi connectivity index (χ3n) is 5.27. The van der Waals surface area contributed by atoms with Crippen molar-refractivity contribution in [2.24, 2.45) is 11.7 Å². The van der Waals surface area contributed by atoms with E-state index in [0.29, 0.717) is 12.3 Å². The number of rotatable bonds is 7. The fourth-order valence-corrected chi connectivity index (χ4v) is 3.67. The van der Waals surface area contributed by atoms with Crippen molar-refractivity contribution in [2.45, 2.75) is 38.4 Å². The van der Waals surface area contributed by atoms with E-state index >= 15 is 0 Å². The summed E-state index contributed by atoms with van der Waals surface area (Å²) in [4.78, 5) is 14.9. The fourth-order valence-electron chi connectivity index (χ4n) is 3.67. The molecule has 3 atom stereocenters. The summed E-state index contributed by atoms with van der Waals surface area (Å²) in [5.41, 5.74) is 8.54. The third-order valence-corrected chi connectivity index (χ3v) is 5.27. The van der Waals surface area contributed by atoms with Gasteiger partial charge in [0.1, 0.15) is 0 Å². The number of carbonyl (C=O) groups excluding carboxylic acids is 1. The summed E-state index contributed by atoms with van der Waals surface area (Å²) in [5.74, 6) is 0.425. The van der Waals surface area contributed by atoms with E-state index in [9.17, 15) is 4.79 Å². The molecule has 1 heterocycles. The number of benzene rings is 2. The highest BCUT2D eigenvalue weighted by Gasteiger charge is 2.28. The van der Waals surface area contributed by atoms with E-state index in [2.05, 4.69) is 41.4 Å². The maximum absolute atomic E-state index is 12.4. The Morgan fingerprint density at radius 3 is 2.33 bits per heavy atom. The van der Waals surface area contributed by atoms with Crippen LogP contribution in [0.5, 0.6) is 0 Å². The smallest absolute Gasteiger partial charge is 0.237 e. The number of halogens is 1. The zero-order valence-corrected chi connectivity index (χ0v) is 16.7. The number of amides is 1. The van der Waals surface area contributed by atoms with E-state index in [4.69, 9.17) is 5.73 Å². The van der Waals surface area contributed by atoms with E-state index in [1.54, 1.807) is 0 Å². The van der Waals surface area contributed by atoms with Crippen molar-refractivity contribution in [1.82, 2.24) is 10.2 Å². The SMILES string of the molecule is CC(NC(=O)C(N)Cc1ccccc1)C1CCN(Cc2ccccc2)C1.Cl. The molecule has 0 aromatic heterocycles. The quantitative estimate of drug-likeness (QED) is 0.767. The minimum Gasteiger partial charge on any atom is -0.352 e. The van der Waals surface area contributed by atoms with Crippen molar-refractivity contribution in [2.75, 3.05) is 13.1 Å². The molecular formula is C22H30ClN3O. The molecule has 1 aliphatic heterocycles. The molecule has 146 valence electrons. The number of likely N-dealkylation sites (tertiary alicyclic amines) is 1. The van der Waals surface area contributed by atoms with Crippen molar-refractivity contribution in [1.29, 1.82) is 0 Å². The molecule has 0 saturated carbocycles. The lowest BCUT2D eigenvalue weighted by Crippen LogP contribution is -2.48. The maximum atomic E-state index is 12.4. The third kappa shape index (κ3) is 6.35. The maximum Gasteiger partial charge on any atom is 0.237 e. The van der Waals surface area contributed by atoms with Crippen LogP contribution in [0.4, 0.5) is 0 Å². The Kier molecular flexibility index (Phi) is 8.29. The standard InChI is InChI=1S/C22H29N3O.ClH/c1-17(24-22(26)21(23)14-18-8-4-2-5-9-18)20-12-13-25(16-20)15-19-10-6-3-7-11-19;/h2-11,17,20-21H,12-16,23H2,1H3,(H,24,26);1H. The van der Waals surface area contributed by atoms with E-state index in [1.165, 1.54) is 5.56 Å². The predicted molar refractivity (Wildman–Crippen MR) is 113 cm³/mol. The molecule has 3 N–H and O–H groups in total. The van der Waals surface area contributed by atoms with Crippen molar-refractivity contribution < 1.29 is 4.79 Å². The lowest BCUT2D eigenvalue weighted by molar-refractivity contribution is -0.123. The van der Waals surface area contributed by atoms with Crippen molar-refractivity contribution >= 4 is 18.3 Å². The molecule has 1 aliphatic rings. The van der Waals surface area contributed by atoms with Crippen LogP contribution in [0.15, 0.2) is 60.7 Å². The van der Waals surface area contributed by atoms with E-state index in [1.807, 2.05) is 36.4 Å². The van der Waals surface area contributed by atoms with Crippen LogP contribution in [0.3, 0.4) is 0 Å². The highest BCUT2D eigenvalue weighted by molar-refractivity contribution is 5.85. The molecule has 4 nitrogen and oxygen atoms in total. The van der Waals surface area contributed by atoms with E-state index in [0.717, 1.165) is 31.6 Å². The zero-order chi connectivity index (χ0) is 18.4. The van der Waals surface area contributed by atoms with Crippen LogP contribution in [-0.2, 0) is 17.8 Å². The van der Waals surface area contributed by atoms with Crippen LogP contribution in [0.25, 0.3) is 0 Å². The van der Waals surface area contributed by atoms with Gasteiger partial charge in [0.25, 0.3) is 0 Å². The van der Waals surface area contributed by atoms with Gasteiger partial charge in [-0.2, -0.15) is 0 Å². The molecule has 0 radical (unpaired) electrons. The molecule has 5 heteroatoms. The first kappa shape index (κ1) is 21.4. The number of nitrogens with zero attached hydrogens (tertiary/aromatic N) is 1. The van der Waals surface area contributed by atoms with Crippen LogP contribution in [0.2, 0.25) is 0 Å². The van der Waals surface area contributed by atoms with Gasteiger partial charge in [0.15, 0.2) is 0 Å². The number of nitrogens with one attached hydrogen (secondary N) is 1. The molecule has 3 rings (SSSR count). The number of nitrogens with two attached hydrogens (primary N) is 1. The van der Waals surface area contributed by atoms with Crippen LogP contribution >= 0.6 is 12.4 Å². The van der Waals surface area contributed by atoms with Gasteiger partial charge in [-0.05, 0) is 43.4 Å². The molecule has 3 unspecified atom stereocenters. The summed E-state index contributed by atoms with van der Waals surface area (Å²) < 4.78 is 0. The van der Waals surface area contributed by atoms with Crippen LogP contribution < -0.4 is 11.1 Å². The second kappa shape index (κ2) is 10.5. The van der Waals surface area contributed by atoms with Crippen molar-refractivity contribution in [3.05, 3.63) is 71.8 Å². The van der Waals surface area contributed by atoms with Gasteiger partial charge in [0.05, 0.1) is 6.04 Å². The van der Waals surface area contributed by atoms with Gasteiger partial charge in [-0.25, -0.2) is 0 Å². The predicted octanol–water partition coefficient (Wildman–Crippen LogP) is 3.01. The van der Waals surface area contributed by atoms with Crippen LogP contribution in [0.1, 0.15) is 24.5 Å². The Labute approximate surface area is 168 Å². The molecule has 0 bridgehead atoms. The summed E-state index contributed by atoms with van der Waals surface area (Å²) in [6.45, 7) is 5.18. The molecule has 1 saturated heterocycles. The molecule has 1 amide bonds. The molecule has 0 spiro atoms. The number of carbonyl (C=O) groups is 1. The fraction of sp³-hybridized carbons (Fsp3) is 0.409. The molecular weight excluding hydrogens is 358 g/mol. The average molecular weight is 388 g/mol. The van der Waals surface area contributed by atoms with Gasteiger partial charge in [0.2, 0.25) is 5.91 Å². The van der Waals surface area contributed by atoms with Crippen LogP contribution in [0, 0.1) is 5.92 Å². The number of hydrogen-bond donors (Lipinski definition) is 2. The lowest BCUT2D eigenvalue weighted by Gasteiger charge is -2.23. The first-order valence-electron chi connectivity index (χ1n) is 9.48. The Hall–Kier alpha value is -1.88. The molecule has 2 aromatic carbocycles. The lowest BCUT2D eigenvalue weighted by atomic mass is 9.99. The first-order valence-corrected chi connectivity index (χ1v) is 9.48. The Morgan fingerprint density at radius 1 is 1.11 bits per heavy atom. The van der Waals surface area contributed by atoms with Gasteiger partial charge < -0.3 is 11.1 Å². The molecule has 27 heavy (non-hydrogen) atoms. The first-order chi connectivity index (χ1) is 12.6. The van der Waals surface area contributed by atoms with Gasteiger partial charge in [-0.15, -0.1) is 12.4 Å². The normalized spacial score (nSPS) is 19.1. The highest BCUT2D eigenvalue weighted by atomic mass is 35.5. The van der Waals surface area contributed by atoms with Gasteiger partial charge in [-0.1, -0.05) is 60.7 Å². The molecule has 1 fully saturated rings. The Bertz CT molecular complexity index is 695. The molecule has 2 aromatic rings. The summed E-state index contributed by atoms with van der Waals surface area (Å²) in [6.07, 6.45) is 1.69. The van der Waals surface area contributed by atoms with Crippen molar-refractivity contribution in [3.63, 3.8) is 0 Å². The summed E-state index contributed by atoms with van der Waals surface area (Å²) in [6, 6.07) is 20.1. The monoisotopic (exact) mass is 387 g/mol. The van der Waals surface area contributed by atoms with Crippen molar-refractivity contribution in [3.8, 4) is 0 Å². The second-order valence-electron chi connectivity index (χ2n) is 7.36. The van der Waals surface area contributed by atoms with E-state index < -0.39 is 6.04 Å². The topological polar surface area (TPSA) is 58.4 Å². The summed E-state index contributed by atoms with van der Waals surface area (Å²) in [5, 5.41) is 3.14. The highest BCUT2D eigenvalue weighted by Crippen LogP contribution is 2.21. The largest absolute Gasteiger partial charge is 0.352 e. The minimum atomic E-state index is -0.498. The summed E-state index contributed by atoms with van der Waals surface area (Å²) >= 11 is 0. The van der Waals surface area contributed by atoms with Crippen LogP contribution in [-0.4, -0.2) is 36.0 Å². The zero-order valence-electron chi connectivity index (χ0n) is 15.9. The Balaban J connectivity index is 0.00000261. The minimum absolute atomic E-state index is 0. The Morgan fingerprint density at radius 2 is 1.70 bits per heavy atom. The molecule has 0 aliphatic carbocycles. The van der Waals surface area contributed by atoms with Gasteiger partial charge >= 0.3 is 0 Å². The second-order valence-corrected chi connectivity index (χ2v) is 7.36. The number of hydrogen-bond acceptors (Lipinski definition) is 3. The van der Waals surface area contributed by atoms with Gasteiger partial charge in [-0.3, -0.25) is 9.69 Å². The average Bonchev–Trinajstić information content (AvgIpc) is 3.12. The van der Waals surface area contributed by atoms with Gasteiger partial charge in [0, 0.05) is 19.1 Å². The van der Waals surface area contributed by atoms with E-state index in [-0.39, 0.29) is 24.4 Å². The summed E-state index contributed by atoms with van der Waals surface area (Å²) in [7, 11) is 0.